The Bertz CT molecular complexity index is 566. The molecule has 2 rings (SSSR count). The number of aromatic amines is 1. The van der Waals surface area contributed by atoms with Crippen molar-refractivity contribution in [1.82, 2.24) is 14.9 Å². The first-order valence-corrected chi connectivity index (χ1v) is 6.98. The third-order valence-corrected chi connectivity index (χ3v) is 3.54. The van der Waals surface area contributed by atoms with E-state index >= 15 is 0 Å². The lowest BCUT2D eigenvalue weighted by Gasteiger charge is -2.20. The normalized spacial score (nSPS) is 11.1. The van der Waals surface area contributed by atoms with Crippen LogP contribution in [0.2, 0.25) is 0 Å². The van der Waals surface area contributed by atoms with E-state index in [4.69, 9.17) is 5.11 Å². The summed E-state index contributed by atoms with van der Waals surface area (Å²) in [5, 5.41) is 11.2. The van der Waals surface area contributed by atoms with Crippen LogP contribution in [-0.4, -0.2) is 33.1 Å². The topological polar surface area (TPSA) is 69.2 Å². The molecule has 19 heavy (non-hydrogen) atoms. The summed E-state index contributed by atoms with van der Waals surface area (Å²) in [4.78, 5) is 21.7. The van der Waals surface area contributed by atoms with Crippen molar-refractivity contribution < 1.29 is 5.11 Å². The van der Waals surface area contributed by atoms with E-state index < -0.39 is 0 Å². The summed E-state index contributed by atoms with van der Waals surface area (Å²) in [6.07, 6.45) is 0. The van der Waals surface area contributed by atoms with Gasteiger partial charge in [0.05, 0.1) is 12.3 Å². The molecule has 0 aliphatic heterocycles. The molecule has 0 radical (unpaired) electrons. The van der Waals surface area contributed by atoms with Gasteiger partial charge in [-0.3, -0.25) is 9.69 Å². The lowest BCUT2D eigenvalue weighted by Crippen LogP contribution is -2.27. The van der Waals surface area contributed by atoms with Crippen molar-refractivity contribution >= 4 is 11.3 Å². The van der Waals surface area contributed by atoms with Crippen LogP contribution in [0.25, 0.3) is 0 Å². The van der Waals surface area contributed by atoms with Crippen molar-refractivity contribution in [3.63, 3.8) is 0 Å². The number of H-pyrrole nitrogens is 1. The number of nitrogens with zero attached hydrogens (tertiary/aromatic N) is 2. The molecule has 0 aliphatic rings. The third kappa shape index (κ3) is 4.27. The summed E-state index contributed by atoms with van der Waals surface area (Å²) in [5.41, 5.74) is 0.592. The molecule has 5 nitrogen and oxygen atoms in total. The van der Waals surface area contributed by atoms with E-state index in [9.17, 15) is 4.79 Å². The molecule has 2 heterocycles. The highest BCUT2D eigenvalue weighted by Crippen LogP contribution is 2.13. The molecule has 0 saturated carbocycles. The summed E-state index contributed by atoms with van der Waals surface area (Å²) in [7, 11) is 0. The summed E-state index contributed by atoms with van der Waals surface area (Å²) in [6.45, 7) is 3.73. The maximum Gasteiger partial charge on any atom is 0.251 e. The van der Waals surface area contributed by atoms with E-state index in [1.54, 1.807) is 18.3 Å². The van der Waals surface area contributed by atoms with Gasteiger partial charge in [-0.05, 0) is 18.4 Å². The average molecular weight is 279 g/mol. The van der Waals surface area contributed by atoms with Gasteiger partial charge in [0, 0.05) is 30.6 Å². The van der Waals surface area contributed by atoms with Crippen LogP contribution in [0, 0.1) is 6.92 Å². The van der Waals surface area contributed by atoms with Gasteiger partial charge in [0.25, 0.3) is 5.56 Å². The number of hydrogen-bond donors (Lipinski definition) is 2. The fourth-order valence-electron chi connectivity index (χ4n) is 1.93. The number of thiophene rings is 1. The van der Waals surface area contributed by atoms with Crippen molar-refractivity contribution in [2.45, 2.75) is 20.0 Å². The first-order valence-electron chi connectivity index (χ1n) is 6.10. The van der Waals surface area contributed by atoms with Crippen LogP contribution in [0.1, 0.15) is 16.4 Å². The number of hydrogen-bond acceptors (Lipinski definition) is 5. The molecule has 102 valence electrons. The summed E-state index contributed by atoms with van der Waals surface area (Å²) < 4.78 is 0. The monoisotopic (exact) mass is 279 g/mol. The second-order valence-corrected chi connectivity index (χ2v) is 5.37. The number of aliphatic hydroxyl groups excluding tert-OH is 1. The lowest BCUT2D eigenvalue weighted by atomic mass is 10.3. The van der Waals surface area contributed by atoms with Crippen LogP contribution >= 0.6 is 11.3 Å². The largest absolute Gasteiger partial charge is 0.395 e. The van der Waals surface area contributed by atoms with Gasteiger partial charge < -0.3 is 10.1 Å². The van der Waals surface area contributed by atoms with Gasteiger partial charge in [0.2, 0.25) is 0 Å². The second-order valence-electron chi connectivity index (χ2n) is 4.34. The predicted octanol–water partition coefficient (Wildman–Crippen LogP) is 1.13. The SMILES string of the molecule is Cc1nc(CN(CCO)Cc2cccs2)cc(=O)[nH]1. The Balaban J connectivity index is 2.09. The maximum absolute atomic E-state index is 11.4. The van der Waals surface area contributed by atoms with E-state index in [0.717, 1.165) is 12.2 Å². The molecule has 0 bridgehead atoms. The fourth-order valence-corrected chi connectivity index (χ4v) is 2.68. The number of aryl methyl sites for hydroxylation is 1. The van der Waals surface area contributed by atoms with Gasteiger partial charge in [-0.2, -0.15) is 0 Å². The van der Waals surface area contributed by atoms with Crippen molar-refractivity contribution in [1.29, 1.82) is 0 Å². The van der Waals surface area contributed by atoms with Crippen molar-refractivity contribution in [3.05, 3.63) is 50.3 Å². The highest BCUT2D eigenvalue weighted by molar-refractivity contribution is 7.09. The smallest absolute Gasteiger partial charge is 0.251 e. The fraction of sp³-hybridized carbons (Fsp3) is 0.385. The maximum atomic E-state index is 11.4. The number of nitrogens with one attached hydrogen (secondary N) is 1. The minimum absolute atomic E-state index is 0.0908. The zero-order valence-corrected chi connectivity index (χ0v) is 11.6. The summed E-state index contributed by atoms with van der Waals surface area (Å²) in [5.74, 6) is 0.613. The van der Waals surface area contributed by atoms with Crippen molar-refractivity contribution in [2.75, 3.05) is 13.2 Å². The molecule has 2 N–H and O–H groups in total. The standard InChI is InChI=1S/C13H17N3O2S/c1-10-14-11(7-13(18)15-10)8-16(4-5-17)9-12-3-2-6-19-12/h2-3,6-7,17H,4-5,8-9H2,1H3,(H,14,15,18). The molecule has 2 aromatic heterocycles. The van der Waals surface area contributed by atoms with Crippen molar-refractivity contribution in [3.8, 4) is 0 Å². The molecule has 0 saturated heterocycles. The van der Waals surface area contributed by atoms with E-state index in [0.29, 0.717) is 18.9 Å². The summed E-state index contributed by atoms with van der Waals surface area (Å²) >= 11 is 1.68. The Morgan fingerprint density at radius 2 is 2.32 bits per heavy atom. The summed E-state index contributed by atoms with van der Waals surface area (Å²) in [6, 6.07) is 5.57. The first-order chi connectivity index (χ1) is 9.17. The highest BCUT2D eigenvalue weighted by atomic mass is 32.1. The molecule has 0 fully saturated rings. The van der Waals surface area contributed by atoms with Crippen molar-refractivity contribution in [2.24, 2.45) is 0 Å². The molecule has 0 aliphatic carbocycles. The molecule has 0 spiro atoms. The van der Waals surface area contributed by atoms with Gasteiger partial charge >= 0.3 is 0 Å². The predicted molar refractivity (Wildman–Crippen MR) is 75.1 cm³/mol. The van der Waals surface area contributed by atoms with Gasteiger partial charge in [0.15, 0.2) is 0 Å². The first kappa shape index (κ1) is 13.9. The molecule has 0 aromatic carbocycles. The Morgan fingerprint density at radius 1 is 1.47 bits per heavy atom. The lowest BCUT2D eigenvalue weighted by molar-refractivity contribution is 0.184. The van der Waals surface area contributed by atoms with Crippen LogP contribution in [0.15, 0.2) is 28.4 Å². The van der Waals surface area contributed by atoms with E-state index in [-0.39, 0.29) is 12.2 Å². The Morgan fingerprint density at radius 3 is 2.95 bits per heavy atom. The van der Waals surface area contributed by atoms with Crippen LogP contribution in [0.4, 0.5) is 0 Å². The molecule has 0 unspecified atom stereocenters. The molecular formula is C13H17N3O2S. The quantitative estimate of drug-likeness (QED) is 0.832. The van der Waals surface area contributed by atoms with E-state index in [1.807, 2.05) is 11.4 Å². The van der Waals surface area contributed by atoms with Crippen LogP contribution in [0.5, 0.6) is 0 Å². The van der Waals surface area contributed by atoms with Gasteiger partial charge in [0.1, 0.15) is 5.82 Å². The number of aromatic nitrogens is 2. The van der Waals surface area contributed by atoms with Gasteiger partial charge in [-0.25, -0.2) is 4.98 Å². The molecule has 6 heteroatoms. The van der Waals surface area contributed by atoms with Crippen LogP contribution < -0.4 is 5.56 Å². The zero-order chi connectivity index (χ0) is 13.7. The Labute approximate surface area is 115 Å². The molecule has 0 atom stereocenters. The average Bonchev–Trinajstić information content (AvgIpc) is 2.80. The van der Waals surface area contributed by atoms with Crippen LogP contribution in [0.3, 0.4) is 0 Å². The zero-order valence-electron chi connectivity index (χ0n) is 10.8. The Hall–Kier alpha value is -1.50. The molecular weight excluding hydrogens is 262 g/mol. The Kier molecular flexibility index (Phi) is 4.84. The third-order valence-electron chi connectivity index (χ3n) is 2.67. The minimum atomic E-state index is -0.137. The second kappa shape index (κ2) is 6.60. The molecule has 2 aromatic rings. The number of aliphatic hydroxyl groups is 1. The van der Waals surface area contributed by atoms with E-state index in [1.165, 1.54) is 10.9 Å². The van der Waals surface area contributed by atoms with Gasteiger partial charge in [-0.15, -0.1) is 11.3 Å². The number of rotatable bonds is 6. The van der Waals surface area contributed by atoms with Gasteiger partial charge in [-0.1, -0.05) is 6.07 Å². The molecule has 0 amide bonds. The minimum Gasteiger partial charge on any atom is -0.395 e. The van der Waals surface area contributed by atoms with Crippen LogP contribution in [-0.2, 0) is 13.1 Å². The van der Waals surface area contributed by atoms with E-state index in [2.05, 4.69) is 20.9 Å². The highest BCUT2D eigenvalue weighted by Gasteiger charge is 2.09.